The Kier molecular flexibility index (Phi) is 7.06. The zero-order valence-electron chi connectivity index (χ0n) is 14.7. The van der Waals surface area contributed by atoms with E-state index in [9.17, 15) is 13.2 Å². The average molecular weight is 340 g/mol. The zero-order valence-corrected chi connectivity index (χ0v) is 15.5. The Labute approximate surface area is 140 Å². The second-order valence-electron chi connectivity index (χ2n) is 6.13. The number of nitrogens with zero attached hydrogens (tertiary/aromatic N) is 1. The fourth-order valence-electron chi connectivity index (χ4n) is 2.56. The lowest BCUT2D eigenvalue weighted by atomic mass is 10.0. The maximum Gasteiger partial charge on any atom is 0.317 e. The van der Waals surface area contributed by atoms with Crippen molar-refractivity contribution in [1.82, 2.24) is 10.2 Å². The van der Waals surface area contributed by atoms with Gasteiger partial charge in [-0.2, -0.15) is 0 Å². The van der Waals surface area contributed by atoms with Gasteiger partial charge in [-0.05, 0) is 50.8 Å². The van der Waals surface area contributed by atoms with Crippen molar-refractivity contribution in [1.29, 1.82) is 0 Å². The van der Waals surface area contributed by atoms with Gasteiger partial charge in [0.15, 0.2) is 0 Å². The number of aryl methyl sites for hydroxylation is 2. The second-order valence-corrected chi connectivity index (χ2v) is 8.31. The fourth-order valence-corrected chi connectivity index (χ4v) is 3.61. The summed E-state index contributed by atoms with van der Waals surface area (Å²) in [6.45, 7) is 8.76. The molecule has 6 heteroatoms. The van der Waals surface area contributed by atoms with Crippen molar-refractivity contribution >= 4 is 15.9 Å². The predicted octanol–water partition coefficient (Wildman–Crippen LogP) is 2.31. The van der Waals surface area contributed by atoms with Crippen molar-refractivity contribution in [2.75, 3.05) is 25.1 Å². The molecule has 2 amide bonds. The van der Waals surface area contributed by atoms with Gasteiger partial charge in [0.05, 0.1) is 5.75 Å². The van der Waals surface area contributed by atoms with Gasteiger partial charge in [-0.25, -0.2) is 13.2 Å². The monoisotopic (exact) mass is 340 g/mol. The molecule has 0 aliphatic rings. The van der Waals surface area contributed by atoms with Crippen molar-refractivity contribution in [3.63, 3.8) is 0 Å². The van der Waals surface area contributed by atoms with Crippen molar-refractivity contribution in [2.45, 2.75) is 40.2 Å². The number of carbonyl (C=O) groups excluding carboxylic acids is 1. The van der Waals surface area contributed by atoms with Crippen LogP contribution in [0.15, 0.2) is 18.2 Å². The van der Waals surface area contributed by atoms with Crippen LogP contribution in [-0.4, -0.2) is 50.5 Å². The number of rotatable bonds is 7. The van der Waals surface area contributed by atoms with E-state index in [0.29, 0.717) is 13.1 Å². The average Bonchev–Trinajstić information content (AvgIpc) is 2.41. The van der Waals surface area contributed by atoms with E-state index >= 15 is 0 Å². The third-order valence-electron chi connectivity index (χ3n) is 3.94. The molecule has 0 aliphatic carbocycles. The molecule has 0 aromatic heterocycles. The van der Waals surface area contributed by atoms with Gasteiger partial charge in [0.1, 0.15) is 9.84 Å². The normalized spacial score (nSPS) is 12.7. The molecule has 0 radical (unpaired) electrons. The molecule has 1 unspecified atom stereocenters. The Morgan fingerprint density at radius 2 is 1.91 bits per heavy atom. The first-order chi connectivity index (χ1) is 10.6. The van der Waals surface area contributed by atoms with E-state index in [1.54, 1.807) is 11.8 Å². The van der Waals surface area contributed by atoms with E-state index in [2.05, 4.69) is 37.4 Å². The van der Waals surface area contributed by atoms with E-state index in [-0.39, 0.29) is 17.8 Å². The Hall–Kier alpha value is -1.56. The van der Waals surface area contributed by atoms with Gasteiger partial charge < -0.3 is 10.2 Å². The number of carbonyl (C=O) groups is 1. The highest BCUT2D eigenvalue weighted by Crippen LogP contribution is 2.10. The van der Waals surface area contributed by atoms with Gasteiger partial charge in [-0.15, -0.1) is 0 Å². The summed E-state index contributed by atoms with van der Waals surface area (Å²) in [6, 6.07) is 5.73. The SMILES string of the molecule is CCN(C(=O)NCCc1ccc(C)c(C)c1)C(C)CS(C)(=O)=O. The molecule has 1 N–H and O–H groups in total. The summed E-state index contributed by atoms with van der Waals surface area (Å²) in [4.78, 5) is 13.8. The summed E-state index contributed by atoms with van der Waals surface area (Å²) in [5.41, 5.74) is 3.68. The van der Waals surface area contributed by atoms with Crippen LogP contribution in [0.25, 0.3) is 0 Å². The van der Waals surface area contributed by atoms with Gasteiger partial charge >= 0.3 is 6.03 Å². The van der Waals surface area contributed by atoms with Gasteiger partial charge in [-0.3, -0.25) is 0 Å². The summed E-state index contributed by atoms with van der Waals surface area (Å²) in [5, 5.41) is 2.88. The summed E-state index contributed by atoms with van der Waals surface area (Å²) in [6.07, 6.45) is 1.94. The molecule has 0 aliphatic heterocycles. The van der Waals surface area contributed by atoms with Crippen LogP contribution in [0, 0.1) is 13.8 Å². The smallest absolute Gasteiger partial charge is 0.317 e. The van der Waals surface area contributed by atoms with Crippen molar-refractivity contribution in [3.8, 4) is 0 Å². The summed E-state index contributed by atoms with van der Waals surface area (Å²) in [5.74, 6) is -0.0224. The molecule has 130 valence electrons. The molecule has 0 spiro atoms. The first-order valence-corrected chi connectivity index (χ1v) is 9.98. The first kappa shape index (κ1) is 19.5. The number of hydrogen-bond donors (Lipinski definition) is 1. The van der Waals surface area contributed by atoms with Gasteiger partial charge in [0, 0.05) is 25.4 Å². The highest BCUT2D eigenvalue weighted by atomic mass is 32.2. The topological polar surface area (TPSA) is 66.5 Å². The highest BCUT2D eigenvalue weighted by molar-refractivity contribution is 7.90. The van der Waals surface area contributed by atoms with E-state index in [1.165, 1.54) is 22.9 Å². The maximum atomic E-state index is 12.2. The summed E-state index contributed by atoms with van der Waals surface area (Å²) >= 11 is 0. The Morgan fingerprint density at radius 3 is 2.43 bits per heavy atom. The number of sulfone groups is 1. The van der Waals surface area contributed by atoms with Crippen LogP contribution in [0.3, 0.4) is 0 Å². The quantitative estimate of drug-likeness (QED) is 0.828. The third kappa shape index (κ3) is 6.60. The molecule has 1 atom stereocenters. The molecule has 0 heterocycles. The number of hydrogen-bond acceptors (Lipinski definition) is 3. The molecular weight excluding hydrogens is 312 g/mol. The first-order valence-electron chi connectivity index (χ1n) is 7.92. The van der Waals surface area contributed by atoms with E-state index in [0.717, 1.165) is 6.42 Å². The van der Waals surface area contributed by atoms with Crippen molar-refractivity contribution in [3.05, 3.63) is 34.9 Å². The minimum Gasteiger partial charge on any atom is -0.338 e. The molecule has 1 rings (SSSR count). The van der Waals surface area contributed by atoms with Crippen molar-refractivity contribution < 1.29 is 13.2 Å². The number of nitrogens with one attached hydrogen (secondary N) is 1. The minimum absolute atomic E-state index is 0.0224. The van der Waals surface area contributed by atoms with E-state index in [1.807, 2.05) is 6.92 Å². The van der Waals surface area contributed by atoms with Crippen molar-refractivity contribution in [2.24, 2.45) is 0 Å². The van der Waals surface area contributed by atoms with Crippen LogP contribution in [0.2, 0.25) is 0 Å². The van der Waals surface area contributed by atoms with E-state index < -0.39 is 9.84 Å². The Bertz CT molecular complexity index is 641. The molecular formula is C17H28N2O3S. The number of amides is 2. The fraction of sp³-hybridized carbons (Fsp3) is 0.588. The third-order valence-corrected chi connectivity index (χ3v) is 5.03. The summed E-state index contributed by atoms with van der Waals surface area (Å²) < 4.78 is 22.8. The van der Waals surface area contributed by atoms with Crippen LogP contribution in [0.5, 0.6) is 0 Å². The number of benzene rings is 1. The van der Waals surface area contributed by atoms with Crippen LogP contribution >= 0.6 is 0 Å². The lowest BCUT2D eigenvalue weighted by molar-refractivity contribution is 0.187. The molecule has 5 nitrogen and oxygen atoms in total. The minimum atomic E-state index is -3.11. The predicted molar refractivity (Wildman–Crippen MR) is 94.6 cm³/mol. The Balaban J connectivity index is 2.54. The molecule has 0 saturated heterocycles. The van der Waals surface area contributed by atoms with Gasteiger partial charge in [0.25, 0.3) is 0 Å². The lowest BCUT2D eigenvalue weighted by Gasteiger charge is -2.27. The van der Waals surface area contributed by atoms with Gasteiger partial charge in [0.2, 0.25) is 0 Å². The van der Waals surface area contributed by atoms with Crippen LogP contribution in [0.4, 0.5) is 4.79 Å². The molecule has 1 aromatic carbocycles. The summed E-state index contributed by atoms with van der Waals surface area (Å²) in [7, 11) is -3.11. The molecule has 23 heavy (non-hydrogen) atoms. The lowest BCUT2D eigenvalue weighted by Crippen LogP contribution is -2.47. The Morgan fingerprint density at radius 1 is 1.26 bits per heavy atom. The maximum absolute atomic E-state index is 12.2. The molecule has 0 saturated carbocycles. The van der Waals surface area contributed by atoms with Crippen LogP contribution < -0.4 is 5.32 Å². The van der Waals surface area contributed by atoms with Gasteiger partial charge in [-0.1, -0.05) is 18.2 Å². The standard InChI is InChI=1S/C17H28N2O3S/c1-6-19(15(4)12-23(5,21)22)17(20)18-10-9-16-8-7-13(2)14(3)11-16/h7-8,11,15H,6,9-10,12H2,1-5H3,(H,18,20). The number of urea groups is 1. The molecule has 1 aromatic rings. The largest absolute Gasteiger partial charge is 0.338 e. The molecule has 0 bridgehead atoms. The van der Waals surface area contributed by atoms with E-state index in [4.69, 9.17) is 0 Å². The zero-order chi connectivity index (χ0) is 17.6. The van der Waals surface area contributed by atoms with Crippen LogP contribution in [0.1, 0.15) is 30.5 Å². The second kappa shape index (κ2) is 8.34. The van der Waals surface area contributed by atoms with Crippen LogP contribution in [-0.2, 0) is 16.3 Å². The highest BCUT2D eigenvalue weighted by Gasteiger charge is 2.21. The molecule has 0 fully saturated rings.